The van der Waals surface area contributed by atoms with Gasteiger partial charge in [-0.3, -0.25) is 0 Å². The Labute approximate surface area is 123 Å². The SMILES string of the molecule is CCc1ccccc1C(=C(C#N)C(=O)O)c1ccccc1. The fourth-order valence-corrected chi connectivity index (χ4v) is 2.32. The summed E-state index contributed by atoms with van der Waals surface area (Å²) in [6.45, 7) is 2.01. The summed E-state index contributed by atoms with van der Waals surface area (Å²) in [5.74, 6) is -1.21. The highest BCUT2D eigenvalue weighted by molar-refractivity contribution is 6.04. The Bertz CT molecular complexity index is 724. The van der Waals surface area contributed by atoms with E-state index in [0.29, 0.717) is 5.57 Å². The Kier molecular flexibility index (Phi) is 4.53. The van der Waals surface area contributed by atoms with Gasteiger partial charge in [-0.25, -0.2) is 4.79 Å². The van der Waals surface area contributed by atoms with E-state index in [9.17, 15) is 15.2 Å². The van der Waals surface area contributed by atoms with Gasteiger partial charge in [0, 0.05) is 5.57 Å². The first kappa shape index (κ1) is 14.5. The average molecular weight is 277 g/mol. The Morgan fingerprint density at radius 3 is 2.29 bits per heavy atom. The number of rotatable bonds is 4. The van der Waals surface area contributed by atoms with Gasteiger partial charge in [0.05, 0.1) is 0 Å². The second kappa shape index (κ2) is 6.53. The summed E-state index contributed by atoms with van der Waals surface area (Å²) >= 11 is 0. The van der Waals surface area contributed by atoms with E-state index in [4.69, 9.17) is 0 Å². The van der Waals surface area contributed by atoms with Crippen molar-refractivity contribution in [1.82, 2.24) is 0 Å². The minimum Gasteiger partial charge on any atom is -0.477 e. The molecule has 0 spiro atoms. The van der Waals surface area contributed by atoms with E-state index < -0.39 is 5.97 Å². The lowest BCUT2D eigenvalue weighted by molar-refractivity contribution is -0.132. The Hall–Kier alpha value is -2.86. The van der Waals surface area contributed by atoms with Crippen molar-refractivity contribution in [2.75, 3.05) is 0 Å². The first-order valence-corrected chi connectivity index (χ1v) is 6.70. The highest BCUT2D eigenvalue weighted by atomic mass is 16.4. The minimum atomic E-state index is -1.21. The predicted molar refractivity (Wildman–Crippen MR) is 81.5 cm³/mol. The second-order valence-electron chi connectivity index (χ2n) is 4.54. The van der Waals surface area contributed by atoms with E-state index in [1.54, 1.807) is 0 Å². The maximum atomic E-state index is 11.4. The van der Waals surface area contributed by atoms with Gasteiger partial charge in [-0.2, -0.15) is 5.26 Å². The van der Waals surface area contributed by atoms with Crippen molar-refractivity contribution >= 4 is 11.5 Å². The number of carboxylic acid groups (broad SMARTS) is 1. The van der Waals surface area contributed by atoms with Gasteiger partial charge in [0.25, 0.3) is 0 Å². The van der Waals surface area contributed by atoms with Gasteiger partial charge in [0.15, 0.2) is 0 Å². The molecule has 0 heterocycles. The fourth-order valence-electron chi connectivity index (χ4n) is 2.32. The summed E-state index contributed by atoms with van der Waals surface area (Å²) in [4.78, 5) is 11.4. The van der Waals surface area contributed by atoms with Crippen LogP contribution in [0.4, 0.5) is 0 Å². The predicted octanol–water partition coefficient (Wildman–Crippen LogP) is 3.66. The zero-order valence-electron chi connectivity index (χ0n) is 11.7. The number of carbonyl (C=O) groups is 1. The van der Waals surface area contributed by atoms with Crippen LogP contribution in [0.15, 0.2) is 60.2 Å². The largest absolute Gasteiger partial charge is 0.477 e. The molecular weight excluding hydrogens is 262 g/mol. The van der Waals surface area contributed by atoms with Crippen LogP contribution in [0.2, 0.25) is 0 Å². The summed E-state index contributed by atoms with van der Waals surface area (Å²) in [5, 5.41) is 18.6. The topological polar surface area (TPSA) is 61.1 Å². The molecule has 21 heavy (non-hydrogen) atoms. The summed E-state index contributed by atoms with van der Waals surface area (Å²) in [5.41, 5.74) is 2.79. The van der Waals surface area contributed by atoms with Gasteiger partial charge in [-0.1, -0.05) is 61.5 Å². The molecule has 2 rings (SSSR count). The van der Waals surface area contributed by atoms with Gasteiger partial charge in [-0.05, 0) is 23.1 Å². The number of carboxylic acids is 1. The lowest BCUT2D eigenvalue weighted by atomic mass is 9.89. The first-order chi connectivity index (χ1) is 10.2. The lowest BCUT2D eigenvalue weighted by Crippen LogP contribution is -2.05. The molecular formula is C18H15NO2. The molecule has 0 unspecified atom stereocenters. The molecule has 0 saturated carbocycles. The van der Waals surface area contributed by atoms with Crippen molar-refractivity contribution in [1.29, 1.82) is 5.26 Å². The van der Waals surface area contributed by atoms with Crippen molar-refractivity contribution in [3.05, 3.63) is 76.9 Å². The van der Waals surface area contributed by atoms with E-state index in [1.165, 1.54) is 0 Å². The molecule has 0 aliphatic heterocycles. The van der Waals surface area contributed by atoms with Gasteiger partial charge in [-0.15, -0.1) is 0 Å². The molecule has 0 aromatic heterocycles. The highest BCUT2D eigenvalue weighted by Gasteiger charge is 2.19. The highest BCUT2D eigenvalue weighted by Crippen LogP contribution is 2.29. The maximum Gasteiger partial charge on any atom is 0.347 e. The van der Waals surface area contributed by atoms with Crippen LogP contribution in [-0.2, 0) is 11.2 Å². The molecule has 2 aromatic rings. The third-order valence-corrected chi connectivity index (χ3v) is 3.31. The zero-order chi connectivity index (χ0) is 15.2. The van der Waals surface area contributed by atoms with Crippen LogP contribution in [0.5, 0.6) is 0 Å². The molecule has 0 atom stereocenters. The molecule has 2 aromatic carbocycles. The Morgan fingerprint density at radius 2 is 1.71 bits per heavy atom. The Balaban J connectivity index is 2.80. The normalized spacial score (nSPS) is 11.4. The van der Waals surface area contributed by atoms with Crippen LogP contribution in [-0.4, -0.2) is 11.1 Å². The fraction of sp³-hybridized carbons (Fsp3) is 0.111. The van der Waals surface area contributed by atoms with E-state index >= 15 is 0 Å². The monoisotopic (exact) mass is 277 g/mol. The minimum absolute atomic E-state index is 0.234. The summed E-state index contributed by atoms with van der Waals surface area (Å²) in [7, 11) is 0. The number of nitriles is 1. The smallest absolute Gasteiger partial charge is 0.347 e. The molecule has 0 amide bonds. The average Bonchev–Trinajstić information content (AvgIpc) is 2.53. The van der Waals surface area contributed by atoms with E-state index in [2.05, 4.69) is 0 Å². The molecule has 104 valence electrons. The van der Waals surface area contributed by atoms with Crippen molar-refractivity contribution in [2.45, 2.75) is 13.3 Å². The van der Waals surface area contributed by atoms with Crippen molar-refractivity contribution < 1.29 is 9.90 Å². The third-order valence-electron chi connectivity index (χ3n) is 3.31. The molecule has 0 fully saturated rings. The van der Waals surface area contributed by atoms with Gasteiger partial charge < -0.3 is 5.11 Å². The molecule has 1 N–H and O–H groups in total. The molecule has 3 nitrogen and oxygen atoms in total. The van der Waals surface area contributed by atoms with Crippen LogP contribution in [0.3, 0.4) is 0 Å². The number of aryl methyl sites for hydroxylation is 1. The quantitative estimate of drug-likeness (QED) is 0.685. The van der Waals surface area contributed by atoms with Crippen LogP contribution in [0.25, 0.3) is 5.57 Å². The first-order valence-electron chi connectivity index (χ1n) is 6.70. The van der Waals surface area contributed by atoms with Gasteiger partial charge in [0.2, 0.25) is 0 Å². The lowest BCUT2D eigenvalue weighted by Gasteiger charge is -2.13. The van der Waals surface area contributed by atoms with Gasteiger partial charge in [0.1, 0.15) is 11.6 Å². The molecule has 0 bridgehead atoms. The standard InChI is InChI=1S/C18H15NO2/c1-2-13-8-6-7-11-15(13)17(16(12-19)18(20)21)14-9-4-3-5-10-14/h3-11H,2H2,1H3,(H,20,21). The van der Waals surface area contributed by atoms with Crippen LogP contribution < -0.4 is 0 Å². The van der Waals surface area contributed by atoms with Gasteiger partial charge >= 0.3 is 5.97 Å². The molecule has 0 aliphatic carbocycles. The third kappa shape index (κ3) is 3.01. The molecule has 0 saturated heterocycles. The van der Waals surface area contributed by atoms with Crippen molar-refractivity contribution in [3.8, 4) is 6.07 Å². The van der Waals surface area contributed by atoms with Crippen molar-refractivity contribution in [2.24, 2.45) is 0 Å². The summed E-state index contributed by atoms with van der Waals surface area (Å²) in [6.07, 6.45) is 0.769. The summed E-state index contributed by atoms with van der Waals surface area (Å²) in [6, 6.07) is 18.6. The van der Waals surface area contributed by atoms with E-state index in [-0.39, 0.29) is 5.57 Å². The number of benzene rings is 2. The molecule has 0 aliphatic rings. The molecule has 0 radical (unpaired) electrons. The van der Waals surface area contributed by atoms with Crippen molar-refractivity contribution in [3.63, 3.8) is 0 Å². The van der Waals surface area contributed by atoms with Crippen LogP contribution in [0, 0.1) is 11.3 Å². The van der Waals surface area contributed by atoms with E-state index in [0.717, 1.165) is 23.1 Å². The second-order valence-corrected chi connectivity index (χ2v) is 4.54. The number of nitrogens with zero attached hydrogens (tertiary/aromatic N) is 1. The van der Waals surface area contributed by atoms with Crippen LogP contribution in [0.1, 0.15) is 23.6 Å². The number of aliphatic carboxylic acids is 1. The maximum absolute atomic E-state index is 11.4. The number of hydrogen-bond acceptors (Lipinski definition) is 2. The van der Waals surface area contributed by atoms with Crippen LogP contribution >= 0.6 is 0 Å². The zero-order valence-corrected chi connectivity index (χ0v) is 11.7. The Morgan fingerprint density at radius 1 is 1.10 bits per heavy atom. The molecule has 3 heteroatoms. The summed E-state index contributed by atoms with van der Waals surface area (Å²) < 4.78 is 0. The van der Waals surface area contributed by atoms with E-state index in [1.807, 2.05) is 67.6 Å². The number of hydrogen-bond donors (Lipinski definition) is 1.